The molecular weight excluding hydrogens is 280 g/mol. The third kappa shape index (κ3) is 3.85. The summed E-state index contributed by atoms with van der Waals surface area (Å²) in [5.74, 6) is -1.78. The van der Waals surface area contributed by atoms with E-state index < -0.39 is 17.6 Å². The highest BCUT2D eigenvalue weighted by molar-refractivity contribution is 6.12. The highest BCUT2D eigenvalue weighted by atomic mass is 16.5. The lowest BCUT2D eigenvalue weighted by Gasteiger charge is -2.23. The average molecular weight is 300 g/mol. The Morgan fingerprint density at radius 1 is 1.32 bits per heavy atom. The maximum Gasteiger partial charge on any atom is 0.245 e. The minimum Gasteiger partial charge on any atom is -0.497 e. The van der Waals surface area contributed by atoms with Crippen LogP contribution in [0.2, 0.25) is 0 Å². The number of amides is 1. The number of Topliss-reactive ketones (excluding diaryl/α,β-unsaturated/α-hetero) is 1. The molecule has 2 rings (SSSR count). The standard InChI is InChI=1S/C17H20N2O3/c1-22-14-9-5-6-12(10-14)16(20)15(11-18)17(21)19-13-7-3-2-4-8-13/h5-6,9-10,13,15H,2-4,7-8H2,1H3,(H,19,21). The smallest absolute Gasteiger partial charge is 0.245 e. The van der Waals surface area contributed by atoms with Crippen molar-refractivity contribution in [3.05, 3.63) is 29.8 Å². The molecule has 0 radical (unpaired) electrons. The number of methoxy groups -OCH3 is 1. The molecule has 1 atom stereocenters. The third-order valence-corrected chi connectivity index (χ3v) is 3.96. The molecule has 0 bridgehead atoms. The molecule has 0 aromatic heterocycles. The number of carbonyl (C=O) groups is 2. The predicted molar refractivity (Wildman–Crippen MR) is 81.4 cm³/mol. The zero-order valence-electron chi connectivity index (χ0n) is 12.7. The summed E-state index contributed by atoms with van der Waals surface area (Å²) < 4.78 is 5.06. The van der Waals surface area contributed by atoms with E-state index in [2.05, 4.69) is 5.32 Å². The normalized spacial score (nSPS) is 16.4. The number of hydrogen-bond acceptors (Lipinski definition) is 4. The Labute approximate surface area is 130 Å². The van der Waals surface area contributed by atoms with Crippen molar-refractivity contribution in [2.75, 3.05) is 7.11 Å². The van der Waals surface area contributed by atoms with Crippen LogP contribution in [0.3, 0.4) is 0 Å². The number of ketones is 1. The van der Waals surface area contributed by atoms with Gasteiger partial charge in [0.05, 0.1) is 13.2 Å². The number of ether oxygens (including phenoxy) is 1. The maximum atomic E-state index is 12.4. The van der Waals surface area contributed by atoms with Gasteiger partial charge >= 0.3 is 0 Å². The van der Waals surface area contributed by atoms with E-state index in [1.165, 1.54) is 13.5 Å². The zero-order chi connectivity index (χ0) is 15.9. The summed E-state index contributed by atoms with van der Waals surface area (Å²) >= 11 is 0. The van der Waals surface area contributed by atoms with E-state index in [9.17, 15) is 14.9 Å². The molecule has 1 saturated carbocycles. The van der Waals surface area contributed by atoms with Crippen LogP contribution >= 0.6 is 0 Å². The fourth-order valence-corrected chi connectivity index (χ4v) is 2.71. The quantitative estimate of drug-likeness (QED) is 0.669. The molecule has 1 N–H and O–H groups in total. The first-order valence-corrected chi connectivity index (χ1v) is 7.54. The molecule has 5 heteroatoms. The molecule has 1 aromatic rings. The van der Waals surface area contributed by atoms with Gasteiger partial charge in [0.1, 0.15) is 5.75 Å². The first kappa shape index (κ1) is 16.0. The minimum atomic E-state index is -1.31. The van der Waals surface area contributed by atoms with Crippen molar-refractivity contribution >= 4 is 11.7 Å². The monoisotopic (exact) mass is 300 g/mol. The molecule has 5 nitrogen and oxygen atoms in total. The van der Waals surface area contributed by atoms with Gasteiger partial charge in [-0.3, -0.25) is 9.59 Å². The highest BCUT2D eigenvalue weighted by Gasteiger charge is 2.29. The van der Waals surface area contributed by atoms with Gasteiger partial charge in [0.25, 0.3) is 0 Å². The van der Waals surface area contributed by atoms with Gasteiger partial charge in [-0.15, -0.1) is 0 Å². The maximum absolute atomic E-state index is 12.4. The van der Waals surface area contributed by atoms with Crippen LogP contribution in [-0.2, 0) is 4.79 Å². The highest BCUT2D eigenvalue weighted by Crippen LogP contribution is 2.19. The number of nitrogens with one attached hydrogen (secondary N) is 1. The molecule has 0 saturated heterocycles. The third-order valence-electron chi connectivity index (χ3n) is 3.96. The molecule has 1 amide bonds. The molecule has 0 heterocycles. The first-order valence-electron chi connectivity index (χ1n) is 7.54. The molecule has 1 aliphatic carbocycles. The van der Waals surface area contributed by atoms with Crippen LogP contribution in [0.5, 0.6) is 5.75 Å². The van der Waals surface area contributed by atoms with E-state index in [-0.39, 0.29) is 6.04 Å². The molecule has 1 unspecified atom stereocenters. The van der Waals surface area contributed by atoms with E-state index in [0.717, 1.165) is 25.7 Å². The minimum absolute atomic E-state index is 0.0789. The van der Waals surface area contributed by atoms with Crippen LogP contribution in [0.1, 0.15) is 42.5 Å². The summed E-state index contributed by atoms with van der Waals surface area (Å²) in [5.41, 5.74) is 0.310. The molecule has 116 valence electrons. The second-order valence-corrected chi connectivity index (χ2v) is 5.50. The van der Waals surface area contributed by atoms with E-state index in [1.807, 2.05) is 6.07 Å². The Morgan fingerprint density at radius 2 is 2.05 bits per heavy atom. The second-order valence-electron chi connectivity index (χ2n) is 5.50. The number of nitriles is 1. The van der Waals surface area contributed by atoms with Crippen LogP contribution in [0.4, 0.5) is 0 Å². The fourth-order valence-electron chi connectivity index (χ4n) is 2.71. The number of carbonyl (C=O) groups excluding carboxylic acids is 2. The molecule has 1 aliphatic rings. The Balaban J connectivity index is 2.07. The molecule has 1 aromatic carbocycles. The second kappa shape index (κ2) is 7.60. The number of benzene rings is 1. The van der Waals surface area contributed by atoms with Gasteiger partial charge in [0.15, 0.2) is 11.7 Å². The van der Waals surface area contributed by atoms with Crippen molar-refractivity contribution in [3.63, 3.8) is 0 Å². The summed E-state index contributed by atoms with van der Waals surface area (Å²) in [6.45, 7) is 0. The lowest BCUT2D eigenvalue weighted by molar-refractivity contribution is -0.123. The van der Waals surface area contributed by atoms with Crippen molar-refractivity contribution in [2.24, 2.45) is 5.92 Å². The van der Waals surface area contributed by atoms with Gasteiger partial charge in [-0.05, 0) is 25.0 Å². The topological polar surface area (TPSA) is 79.2 Å². The van der Waals surface area contributed by atoms with E-state index in [1.54, 1.807) is 24.3 Å². The van der Waals surface area contributed by atoms with Crippen LogP contribution in [0, 0.1) is 17.2 Å². The molecule has 0 aliphatic heterocycles. The van der Waals surface area contributed by atoms with E-state index in [4.69, 9.17) is 4.74 Å². The van der Waals surface area contributed by atoms with Gasteiger partial charge < -0.3 is 10.1 Å². The summed E-state index contributed by atoms with van der Waals surface area (Å²) in [7, 11) is 1.50. The van der Waals surface area contributed by atoms with Crippen molar-refractivity contribution in [2.45, 2.75) is 38.1 Å². The summed E-state index contributed by atoms with van der Waals surface area (Å²) in [6.07, 6.45) is 5.16. The van der Waals surface area contributed by atoms with Gasteiger partial charge in [0, 0.05) is 11.6 Å². The summed E-state index contributed by atoms with van der Waals surface area (Å²) in [6, 6.07) is 8.41. The Hall–Kier alpha value is -2.35. The Kier molecular flexibility index (Phi) is 5.54. The fraction of sp³-hybridized carbons (Fsp3) is 0.471. The van der Waals surface area contributed by atoms with Crippen molar-refractivity contribution < 1.29 is 14.3 Å². The molecule has 0 spiro atoms. The average Bonchev–Trinajstić information content (AvgIpc) is 2.56. The molecular formula is C17H20N2O3. The Bertz CT molecular complexity index is 586. The Morgan fingerprint density at radius 3 is 2.68 bits per heavy atom. The molecule has 22 heavy (non-hydrogen) atoms. The van der Waals surface area contributed by atoms with Gasteiger partial charge in [-0.2, -0.15) is 5.26 Å². The van der Waals surface area contributed by atoms with E-state index >= 15 is 0 Å². The number of nitrogens with zero attached hydrogens (tertiary/aromatic N) is 1. The van der Waals surface area contributed by atoms with Gasteiger partial charge in [-0.1, -0.05) is 31.4 Å². The van der Waals surface area contributed by atoms with Crippen molar-refractivity contribution in [1.82, 2.24) is 5.32 Å². The summed E-state index contributed by atoms with van der Waals surface area (Å²) in [5, 5.41) is 12.1. The van der Waals surface area contributed by atoms with Gasteiger partial charge in [0.2, 0.25) is 5.91 Å². The van der Waals surface area contributed by atoms with Crippen LogP contribution in [0.25, 0.3) is 0 Å². The van der Waals surface area contributed by atoms with Crippen molar-refractivity contribution in [3.8, 4) is 11.8 Å². The molecule has 1 fully saturated rings. The van der Waals surface area contributed by atoms with Crippen molar-refractivity contribution in [1.29, 1.82) is 5.26 Å². The van der Waals surface area contributed by atoms with E-state index in [0.29, 0.717) is 11.3 Å². The van der Waals surface area contributed by atoms with Crippen LogP contribution in [0.15, 0.2) is 24.3 Å². The van der Waals surface area contributed by atoms with Gasteiger partial charge in [-0.25, -0.2) is 0 Å². The largest absolute Gasteiger partial charge is 0.497 e. The van der Waals surface area contributed by atoms with Crippen LogP contribution < -0.4 is 10.1 Å². The predicted octanol–water partition coefficient (Wildman–Crippen LogP) is 2.47. The number of hydrogen-bond donors (Lipinski definition) is 1. The first-order chi connectivity index (χ1) is 10.7. The number of rotatable bonds is 5. The zero-order valence-corrected chi connectivity index (χ0v) is 12.7. The summed E-state index contributed by atoms with van der Waals surface area (Å²) in [4.78, 5) is 24.6. The van der Waals surface area contributed by atoms with Crippen LogP contribution in [-0.4, -0.2) is 24.8 Å². The lowest BCUT2D eigenvalue weighted by atomic mass is 9.93. The SMILES string of the molecule is COc1cccc(C(=O)C(C#N)C(=O)NC2CCCCC2)c1. The lowest BCUT2D eigenvalue weighted by Crippen LogP contribution is -2.42.